The van der Waals surface area contributed by atoms with Crippen molar-refractivity contribution in [2.75, 3.05) is 38.2 Å². The summed E-state index contributed by atoms with van der Waals surface area (Å²) in [6, 6.07) is 7.79. The molecule has 0 aliphatic carbocycles. The Balaban J connectivity index is 1.57. The number of amides is 2. The van der Waals surface area contributed by atoms with Gasteiger partial charge in [-0.15, -0.1) is 0 Å². The van der Waals surface area contributed by atoms with Crippen molar-refractivity contribution >= 4 is 17.5 Å². The Labute approximate surface area is 136 Å². The maximum absolute atomic E-state index is 12.5. The predicted octanol–water partition coefficient (Wildman–Crippen LogP) is 0.461. The summed E-state index contributed by atoms with van der Waals surface area (Å²) >= 11 is 0. The molecule has 124 valence electrons. The van der Waals surface area contributed by atoms with Gasteiger partial charge in [-0.1, -0.05) is 18.2 Å². The van der Waals surface area contributed by atoms with Gasteiger partial charge >= 0.3 is 0 Å². The highest BCUT2D eigenvalue weighted by Gasteiger charge is 2.39. The zero-order chi connectivity index (χ0) is 16.3. The van der Waals surface area contributed by atoms with Gasteiger partial charge in [-0.2, -0.15) is 0 Å². The molecule has 1 aromatic carbocycles. The van der Waals surface area contributed by atoms with Gasteiger partial charge in [0.15, 0.2) is 0 Å². The topological polar surface area (TPSA) is 70.7 Å². The molecule has 0 aromatic heterocycles. The van der Waals surface area contributed by atoms with Gasteiger partial charge in [0.1, 0.15) is 5.60 Å². The van der Waals surface area contributed by atoms with Crippen LogP contribution >= 0.6 is 0 Å². The molecular formula is C17H23N3O3. The van der Waals surface area contributed by atoms with Gasteiger partial charge < -0.3 is 20.3 Å². The minimum absolute atomic E-state index is 0.0820. The summed E-state index contributed by atoms with van der Waals surface area (Å²) in [7, 11) is 1.59. The molecule has 0 bridgehead atoms. The number of hydrogen-bond donors (Lipinski definition) is 2. The lowest BCUT2D eigenvalue weighted by atomic mass is 9.91. The third kappa shape index (κ3) is 3.09. The molecule has 2 heterocycles. The zero-order valence-corrected chi connectivity index (χ0v) is 13.4. The maximum Gasteiger partial charge on any atom is 0.252 e. The van der Waals surface area contributed by atoms with E-state index in [1.165, 1.54) is 0 Å². The molecule has 2 N–H and O–H groups in total. The Morgan fingerprint density at radius 1 is 1.35 bits per heavy atom. The summed E-state index contributed by atoms with van der Waals surface area (Å²) in [6.45, 7) is 2.47. The third-order valence-corrected chi connectivity index (χ3v) is 4.76. The number of ether oxygens (including phenoxy) is 1. The average Bonchev–Trinajstić information content (AvgIpc) is 2.91. The van der Waals surface area contributed by atoms with Crippen molar-refractivity contribution in [1.82, 2.24) is 10.6 Å². The SMILES string of the molecule is COC1(C(=O)NCCN2C(=O)Cc3ccccc32)CCNCC1. The van der Waals surface area contributed by atoms with Crippen molar-refractivity contribution in [3.8, 4) is 0 Å². The van der Waals surface area contributed by atoms with Gasteiger partial charge in [0.2, 0.25) is 5.91 Å². The summed E-state index contributed by atoms with van der Waals surface area (Å²) in [5.41, 5.74) is 1.27. The summed E-state index contributed by atoms with van der Waals surface area (Å²) in [5, 5.41) is 6.17. The number of benzene rings is 1. The minimum Gasteiger partial charge on any atom is -0.368 e. The fraction of sp³-hybridized carbons (Fsp3) is 0.529. The Bertz CT molecular complexity index is 597. The standard InChI is InChI=1S/C17H23N3O3/c1-23-17(6-8-18-9-7-17)16(22)19-10-11-20-14-5-3-2-4-13(14)12-15(20)21/h2-5,18H,6-12H2,1H3,(H,19,22). The van der Waals surface area contributed by atoms with Crippen LogP contribution < -0.4 is 15.5 Å². The van der Waals surface area contributed by atoms with Crippen molar-refractivity contribution in [1.29, 1.82) is 0 Å². The van der Waals surface area contributed by atoms with E-state index in [2.05, 4.69) is 10.6 Å². The number of rotatable bonds is 5. The van der Waals surface area contributed by atoms with Gasteiger partial charge in [-0.25, -0.2) is 0 Å². The molecule has 1 fully saturated rings. The van der Waals surface area contributed by atoms with E-state index in [1.54, 1.807) is 12.0 Å². The zero-order valence-electron chi connectivity index (χ0n) is 13.4. The lowest BCUT2D eigenvalue weighted by Gasteiger charge is -2.35. The van der Waals surface area contributed by atoms with E-state index in [0.29, 0.717) is 32.4 Å². The van der Waals surface area contributed by atoms with Crippen LogP contribution in [0.25, 0.3) is 0 Å². The summed E-state index contributed by atoms with van der Waals surface area (Å²) in [6.07, 6.45) is 1.78. The summed E-state index contributed by atoms with van der Waals surface area (Å²) < 4.78 is 5.51. The fourth-order valence-corrected chi connectivity index (χ4v) is 3.36. The van der Waals surface area contributed by atoms with Crippen LogP contribution in [0.2, 0.25) is 0 Å². The van der Waals surface area contributed by atoms with Crippen molar-refractivity contribution in [3.63, 3.8) is 0 Å². The molecule has 6 heteroatoms. The number of anilines is 1. The van der Waals surface area contributed by atoms with Crippen LogP contribution in [0.4, 0.5) is 5.69 Å². The molecule has 23 heavy (non-hydrogen) atoms. The number of nitrogens with one attached hydrogen (secondary N) is 2. The molecule has 2 amide bonds. The van der Waals surface area contributed by atoms with Crippen LogP contribution in [-0.2, 0) is 20.7 Å². The Hall–Kier alpha value is -1.92. The van der Waals surface area contributed by atoms with E-state index in [9.17, 15) is 9.59 Å². The van der Waals surface area contributed by atoms with Crippen molar-refractivity contribution in [2.24, 2.45) is 0 Å². The first-order valence-corrected chi connectivity index (χ1v) is 8.09. The summed E-state index contributed by atoms with van der Waals surface area (Å²) in [4.78, 5) is 26.3. The number of hydrogen-bond acceptors (Lipinski definition) is 4. The molecular weight excluding hydrogens is 294 g/mol. The first-order chi connectivity index (χ1) is 11.2. The first kappa shape index (κ1) is 16.0. The normalized spacial score (nSPS) is 19.5. The lowest BCUT2D eigenvalue weighted by Crippen LogP contribution is -2.55. The molecule has 3 rings (SSSR count). The molecule has 0 saturated carbocycles. The number of fused-ring (bicyclic) bond motifs is 1. The number of methoxy groups -OCH3 is 1. The molecule has 0 atom stereocenters. The monoisotopic (exact) mass is 317 g/mol. The molecule has 2 aliphatic rings. The van der Waals surface area contributed by atoms with Gasteiger partial charge in [0, 0.05) is 25.9 Å². The number of carbonyl (C=O) groups is 2. The van der Waals surface area contributed by atoms with Crippen LogP contribution in [-0.4, -0.2) is 50.7 Å². The van der Waals surface area contributed by atoms with E-state index >= 15 is 0 Å². The lowest BCUT2D eigenvalue weighted by molar-refractivity contribution is -0.146. The Morgan fingerprint density at radius 3 is 2.83 bits per heavy atom. The van der Waals surface area contributed by atoms with Crippen LogP contribution in [0.5, 0.6) is 0 Å². The third-order valence-electron chi connectivity index (χ3n) is 4.76. The molecule has 6 nitrogen and oxygen atoms in total. The number of para-hydroxylation sites is 1. The van der Waals surface area contributed by atoms with E-state index in [0.717, 1.165) is 24.3 Å². The quantitative estimate of drug-likeness (QED) is 0.828. The van der Waals surface area contributed by atoms with E-state index in [1.807, 2.05) is 24.3 Å². The van der Waals surface area contributed by atoms with Gasteiger partial charge in [0.25, 0.3) is 5.91 Å². The summed E-state index contributed by atoms with van der Waals surface area (Å²) in [5.74, 6) is 0.00482. The largest absolute Gasteiger partial charge is 0.368 e. The second kappa shape index (κ2) is 6.68. The maximum atomic E-state index is 12.5. The second-order valence-electron chi connectivity index (χ2n) is 6.06. The van der Waals surface area contributed by atoms with Crippen LogP contribution in [0.15, 0.2) is 24.3 Å². The fourth-order valence-electron chi connectivity index (χ4n) is 3.36. The van der Waals surface area contributed by atoms with Crippen molar-refractivity contribution in [3.05, 3.63) is 29.8 Å². The first-order valence-electron chi connectivity index (χ1n) is 8.09. The van der Waals surface area contributed by atoms with Crippen molar-refractivity contribution < 1.29 is 14.3 Å². The smallest absolute Gasteiger partial charge is 0.252 e. The Kier molecular flexibility index (Phi) is 4.63. The van der Waals surface area contributed by atoms with Crippen LogP contribution in [0.1, 0.15) is 18.4 Å². The van der Waals surface area contributed by atoms with Gasteiger partial charge in [-0.3, -0.25) is 9.59 Å². The van der Waals surface area contributed by atoms with Crippen LogP contribution in [0.3, 0.4) is 0 Å². The second-order valence-corrected chi connectivity index (χ2v) is 6.06. The van der Waals surface area contributed by atoms with Gasteiger partial charge in [0.05, 0.1) is 6.42 Å². The van der Waals surface area contributed by atoms with Crippen LogP contribution in [0, 0.1) is 0 Å². The molecule has 0 radical (unpaired) electrons. The highest BCUT2D eigenvalue weighted by molar-refractivity contribution is 6.01. The minimum atomic E-state index is -0.738. The number of carbonyl (C=O) groups excluding carboxylic acids is 2. The Morgan fingerprint density at radius 2 is 2.09 bits per heavy atom. The van der Waals surface area contributed by atoms with E-state index in [4.69, 9.17) is 4.74 Å². The molecule has 2 aliphatic heterocycles. The molecule has 0 unspecified atom stereocenters. The number of nitrogens with zero attached hydrogens (tertiary/aromatic N) is 1. The van der Waals surface area contributed by atoms with Gasteiger partial charge in [-0.05, 0) is 37.6 Å². The predicted molar refractivity (Wildman–Crippen MR) is 87.4 cm³/mol. The average molecular weight is 317 g/mol. The highest BCUT2D eigenvalue weighted by atomic mass is 16.5. The van der Waals surface area contributed by atoms with Crippen molar-refractivity contribution in [2.45, 2.75) is 24.9 Å². The van der Waals surface area contributed by atoms with E-state index in [-0.39, 0.29) is 11.8 Å². The molecule has 0 spiro atoms. The highest BCUT2D eigenvalue weighted by Crippen LogP contribution is 2.28. The number of piperidine rings is 1. The van der Waals surface area contributed by atoms with E-state index < -0.39 is 5.60 Å². The molecule has 1 saturated heterocycles. The molecule has 1 aromatic rings.